The van der Waals surface area contributed by atoms with Crippen LogP contribution in [0.25, 0.3) is 6.08 Å². The number of rotatable bonds is 2. The maximum atomic E-state index is 12.2. The molecular formula is C24H27NO2. The molecule has 0 saturated heterocycles. The fourth-order valence-electron chi connectivity index (χ4n) is 2.88. The van der Waals surface area contributed by atoms with Crippen LogP contribution in [0.4, 0.5) is 0 Å². The van der Waals surface area contributed by atoms with E-state index in [0.717, 1.165) is 11.1 Å². The lowest BCUT2D eigenvalue weighted by atomic mass is 9.86. The van der Waals surface area contributed by atoms with Gasteiger partial charge in [-0.1, -0.05) is 77.9 Å². The number of cyclic esters (lactones) is 1. The third kappa shape index (κ3) is 4.36. The highest BCUT2D eigenvalue weighted by molar-refractivity contribution is 6.12. The second-order valence-corrected chi connectivity index (χ2v) is 9.04. The number of carbonyl (C=O) groups is 1. The Morgan fingerprint density at radius 1 is 0.778 bits per heavy atom. The van der Waals surface area contributed by atoms with Gasteiger partial charge in [0.25, 0.3) is 0 Å². The van der Waals surface area contributed by atoms with Crippen LogP contribution in [-0.4, -0.2) is 11.9 Å². The molecule has 0 radical (unpaired) electrons. The Morgan fingerprint density at radius 2 is 1.26 bits per heavy atom. The van der Waals surface area contributed by atoms with Crippen LogP contribution in [0.3, 0.4) is 0 Å². The van der Waals surface area contributed by atoms with Crippen molar-refractivity contribution in [3.05, 3.63) is 76.5 Å². The molecule has 27 heavy (non-hydrogen) atoms. The van der Waals surface area contributed by atoms with Crippen molar-refractivity contribution in [1.29, 1.82) is 0 Å². The third-order valence-electron chi connectivity index (χ3n) is 4.70. The van der Waals surface area contributed by atoms with Gasteiger partial charge in [-0.25, -0.2) is 9.79 Å². The van der Waals surface area contributed by atoms with Gasteiger partial charge in [-0.15, -0.1) is 0 Å². The molecule has 140 valence electrons. The average molecular weight is 361 g/mol. The quantitative estimate of drug-likeness (QED) is 0.514. The molecule has 0 spiro atoms. The maximum Gasteiger partial charge on any atom is 0.363 e. The van der Waals surface area contributed by atoms with Crippen LogP contribution in [0.2, 0.25) is 0 Å². The Labute approximate surface area is 161 Å². The van der Waals surface area contributed by atoms with Crippen molar-refractivity contribution in [2.45, 2.75) is 52.4 Å². The number of hydrogen-bond donors (Lipinski definition) is 0. The van der Waals surface area contributed by atoms with Crippen LogP contribution in [-0.2, 0) is 20.4 Å². The fraction of sp³-hybridized carbons (Fsp3) is 0.333. The number of hydrogen-bond acceptors (Lipinski definition) is 3. The van der Waals surface area contributed by atoms with Gasteiger partial charge in [-0.3, -0.25) is 0 Å². The van der Waals surface area contributed by atoms with Gasteiger partial charge in [0.05, 0.1) is 0 Å². The Hall–Kier alpha value is -2.68. The van der Waals surface area contributed by atoms with E-state index in [9.17, 15) is 4.79 Å². The topological polar surface area (TPSA) is 38.7 Å². The molecule has 3 heteroatoms. The van der Waals surface area contributed by atoms with Gasteiger partial charge in [0, 0.05) is 5.56 Å². The minimum absolute atomic E-state index is 0.0803. The molecule has 2 aromatic carbocycles. The highest BCUT2D eigenvalue weighted by atomic mass is 16.6. The molecule has 1 aliphatic rings. The summed E-state index contributed by atoms with van der Waals surface area (Å²) >= 11 is 0. The van der Waals surface area contributed by atoms with Gasteiger partial charge in [0.15, 0.2) is 5.70 Å². The Kier molecular flexibility index (Phi) is 4.81. The van der Waals surface area contributed by atoms with Crippen molar-refractivity contribution in [1.82, 2.24) is 0 Å². The molecule has 0 amide bonds. The molecule has 0 aromatic heterocycles. The predicted molar refractivity (Wildman–Crippen MR) is 111 cm³/mol. The van der Waals surface area contributed by atoms with E-state index < -0.39 is 5.97 Å². The standard InChI is InChI=1S/C24H27NO2/c1-23(2,3)18-11-7-16(8-12-18)15-20-22(26)27-21(25-20)17-9-13-19(14-10-17)24(4,5)6/h7-15H,1-6H3/b20-15+. The van der Waals surface area contributed by atoms with E-state index in [1.165, 1.54) is 11.1 Å². The molecule has 0 fully saturated rings. The van der Waals surface area contributed by atoms with Gasteiger partial charge in [0.1, 0.15) is 0 Å². The van der Waals surface area contributed by atoms with Crippen LogP contribution in [0.1, 0.15) is 63.8 Å². The first-order valence-electron chi connectivity index (χ1n) is 9.28. The van der Waals surface area contributed by atoms with E-state index >= 15 is 0 Å². The Bertz CT molecular complexity index is 903. The summed E-state index contributed by atoms with van der Waals surface area (Å²) in [6.45, 7) is 13.0. The zero-order chi connectivity index (χ0) is 19.8. The SMILES string of the molecule is CC(C)(C)c1ccc(/C=C2/N=C(c3ccc(C(C)(C)C)cc3)OC2=O)cc1. The van der Waals surface area contributed by atoms with Crippen molar-refractivity contribution in [2.75, 3.05) is 0 Å². The van der Waals surface area contributed by atoms with Gasteiger partial charge in [0.2, 0.25) is 5.90 Å². The van der Waals surface area contributed by atoms with Crippen LogP contribution < -0.4 is 0 Å². The summed E-state index contributed by atoms with van der Waals surface area (Å²) in [7, 11) is 0. The highest BCUT2D eigenvalue weighted by Gasteiger charge is 2.24. The van der Waals surface area contributed by atoms with Gasteiger partial charge >= 0.3 is 5.97 Å². The summed E-state index contributed by atoms with van der Waals surface area (Å²) in [5, 5.41) is 0. The van der Waals surface area contributed by atoms with E-state index in [2.05, 4.69) is 70.8 Å². The number of aliphatic imine (C=N–C) groups is 1. The van der Waals surface area contributed by atoms with Crippen molar-refractivity contribution in [2.24, 2.45) is 4.99 Å². The van der Waals surface area contributed by atoms with Gasteiger partial charge in [-0.05, 0) is 45.7 Å². The first kappa shape index (κ1) is 19.1. The Morgan fingerprint density at radius 3 is 1.74 bits per heavy atom. The zero-order valence-electron chi connectivity index (χ0n) is 17.0. The lowest BCUT2D eigenvalue weighted by molar-refractivity contribution is -0.129. The maximum absolute atomic E-state index is 12.2. The molecule has 3 nitrogen and oxygen atoms in total. The summed E-state index contributed by atoms with van der Waals surface area (Å²) < 4.78 is 5.38. The summed E-state index contributed by atoms with van der Waals surface area (Å²) in [6.07, 6.45) is 1.77. The molecule has 1 aliphatic heterocycles. The van der Waals surface area contributed by atoms with Crippen molar-refractivity contribution in [3.8, 4) is 0 Å². The van der Waals surface area contributed by atoms with E-state index in [-0.39, 0.29) is 10.8 Å². The molecule has 0 atom stereocenters. The smallest absolute Gasteiger partial charge is 0.363 e. The van der Waals surface area contributed by atoms with Gasteiger partial charge in [-0.2, -0.15) is 0 Å². The molecule has 0 aliphatic carbocycles. The largest absolute Gasteiger partial charge is 0.402 e. The van der Waals surface area contributed by atoms with Crippen LogP contribution >= 0.6 is 0 Å². The van der Waals surface area contributed by atoms with Crippen LogP contribution in [0, 0.1) is 0 Å². The van der Waals surface area contributed by atoms with Crippen molar-refractivity contribution < 1.29 is 9.53 Å². The molecule has 1 heterocycles. The predicted octanol–water partition coefficient (Wildman–Crippen LogP) is 5.63. The minimum Gasteiger partial charge on any atom is -0.402 e. The number of esters is 1. The van der Waals surface area contributed by atoms with Crippen molar-refractivity contribution in [3.63, 3.8) is 0 Å². The first-order chi connectivity index (χ1) is 12.5. The van der Waals surface area contributed by atoms with Crippen molar-refractivity contribution >= 4 is 17.9 Å². The molecule has 0 bridgehead atoms. The lowest BCUT2D eigenvalue weighted by Gasteiger charge is -2.18. The monoisotopic (exact) mass is 361 g/mol. The molecular weight excluding hydrogens is 334 g/mol. The van der Waals surface area contributed by atoms with Crippen LogP contribution in [0.15, 0.2) is 59.2 Å². The number of benzene rings is 2. The highest BCUT2D eigenvalue weighted by Crippen LogP contribution is 2.26. The van der Waals surface area contributed by atoms with Gasteiger partial charge < -0.3 is 4.74 Å². The van der Waals surface area contributed by atoms with Crippen LogP contribution in [0.5, 0.6) is 0 Å². The second kappa shape index (κ2) is 6.80. The van der Waals surface area contributed by atoms with E-state index in [4.69, 9.17) is 4.74 Å². The summed E-state index contributed by atoms with van der Waals surface area (Å²) in [5.74, 6) is -0.0529. The second-order valence-electron chi connectivity index (χ2n) is 9.04. The lowest BCUT2D eigenvalue weighted by Crippen LogP contribution is -2.11. The zero-order valence-corrected chi connectivity index (χ0v) is 17.0. The average Bonchev–Trinajstić information content (AvgIpc) is 2.95. The Balaban J connectivity index is 1.84. The van der Waals surface area contributed by atoms with E-state index in [0.29, 0.717) is 11.6 Å². The third-order valence-corrected chi connectivity index (χ3v) is 4.70. The normalized spacial score (nSPS) is 16.4. The summed E-state index contributed by atoms with van der Waals surface area (Å²) in [4.78, 5) is 16.6. The molecule has 0 N–H and O–H groups in total. The molecule has 2 aromatic rings. The molecule has 0 saturated carbocycles. The van der Waals surface area contributed by atoms with E-state index in [1.54, 1.807) is 6.08 Å². The number of carbonyl (C=O) groups excluding carboxylic acids is 1. The minimum atomic E-state index is -0.412. The number of ether oxygens (including phenoxy) is 1. The summed E-state index contributed by atoms with van der Waals surface area (Å²) in [6, 6.07) is 16.2. The summed E-state index contributed by atoms with van der Waals surface area (Å²) in [5.41, 5.74) is 4.73. The molecule has 3 rings (SSSR count). The molecule has 0 unspecified atom stereocenters. The first-order valence-corrected chi connectivity index (χ1v) is 9.28. The fourth-order valence-corrected chi connectivity index (χ4v) is 2.88. The van der Waals surface area contributed by atoms with E-state index in [1.807, 2.05) is 24.3 Å². The number of nitrogens with zero attached hydrogens (tertiary/aromatic N) is 1.